The third-order valence-electron chi connectivity index (χ3n) is 5.62. The zero-order valence-electron chi connectivity index (χ0n) is 18.3. The van der Waals surface area contributed by atoms with Crippen LogP contribution in [0, 0.1) is 5.82 Å². The zero-order chi connectivity index (χ0) is 22.4. The van der Waals surface area contributed by atoms with Gasteiger partial charge in [-0.15, -0.1) is 0 Å². The summed E-state index contributed by atoms with van der Waals surface area (Å²) in [6.45, 7) is 7.74. The molecule has 0 N–H and O–H groups in total. The molecule has 0 aliphatic carbocycles. The lowest BCUT2D eigenvalue weighted by molar-refractivity contribution is 0.112. The summed E-state index contributed by atoms with van der Waals surface area (Å²) in [7, 11) is 4.14. The molecule has 0 bridgehead atoms. The Hall–Kier alpha value is -3.06. The topological polar surface area (TPSA) is 57.5 Å². The van der Waals surface area contributed by atoms with Crippen molar-refractivity contribution in [3.8, 4) is 16.9 Å². The number of aldehydes is 1. The molecule has 1 aliphatic heterocycles. The van der Waals surface area contributed by atoms with Crippen LogP contribution >= 0.6 is 0 Å². The van der Waals surface area contributed by atoms with Crippen molar-refractivity contribution in [3.63, 3.8) is 0 Å². The predicted molar refractivity (Wildman–Crippen MR) is 124 cm³/mol. The lowest BCUT2D eigenvalue weighted by Crippen LogP contribution is -2.41. The number of nitrogens with zero attached hydrogens (tertiary/aromatic N) is 4. The molecule has 0 unspecified atom stereocenters. The molecule has 1 saturated heterocycles. The molecule has 0 amide bonds. The van der Waals surface area contributed by atoms with Crippen LogP contribution in [0.4, 0.5) is 15.8 Å². The Labute approximate surface area is 183 Å². The molecule has 3 rings (SSSR count). The highest BCUT2D eigenvalue weighted by Gasteiger charge is 2.19. The van der Waals surface area contributed by atoms with E-state index in [9.17, 15) is 9.18 Å². The lowest BCUT2D eigenvalue weighted by Gasteiger charge is -2.34. The number of piperidine rings is 1. The maximum atomic E-state index is 14.5. The number of ether oxygens (including phenoxy) is 1. The highest BCUT2D eigenvalue weighted by Crippen LogP contribution is 2.37. The van der Waals surface area contributed by atoms with Gasteiger partial charge in [0.05, 0.1) is 18.6 Å². The number of rotatable bonds is 8. The minimum atomic E-state index is -0.512. The minimum absolute atomic E-state index is 0.0908. The Balaban J connectivity index is 1.90. The number of hydrogen-bond acceptors (Lipinski definition) is 5. The first-order valence-corrected chi connectivity index (χ1v) is 10.4. The minimum Gasteiger partial charge on any atom is -0.491 e. The quantitative estimate of drug-likeness (QED) is 0.349. The summed E-state index contributed by atoms with van der Waals surface area (Å²) in [6, 6.07) is 8.79. The van der Waals surface area contributed by atoms with Crippen molar-refractivity contribution < 1.29 is 13.9 Å². The number of carbonyl (C=O) groups excluding carboxylic acids is 1. The molecule has 0 atom stereocenters. The molecule has 1 fully saturated rings. The van der Waals surface area contributed by atoms with Crippen LogP contribution in [0.2, 0.25) is 0 Å². The predicted octanol–water partition coefficient (Wildman–Crippen LogP) is 4.72. The van der Waals surface area contributed by atoms with Crippen LogP contribution in [0.25, 0.3) is 11.1 Å². The molecule has 0 aromatic heterocycles. The maximum absolute atomic E-state index is 14.5. The van der Waals surface area contributed by atoms with Gasteiger partial charge in [-0.05, 0) is 82.0 Å². The van der Waals surface area contributed by atoms with Gasteiger partial charge in [0.15, 0.2) is 12.1 Å². The number of benzene rings is 2. The Morgan fingerprint density at radius 1 is 1.26 bits per heavy atom. The van der Waals surface area contributed by atoms with Gasteiger partial charge in [0.1, 0.15) is 11.4 Å². The standard InChI is InChI=1S/C24H29FN4O2/c1-5-31-23-14-19(12-21(25)24(23)26-2)17-6-7-18(15-30)22(13-17)27-16-29(4)20-8-10-28(3)11-9-20/h6-7,12-16,20H,2,5,8-11H2,1,3-4H3/b27-16-. The van der Waals surface area contributed by atoms with E-state index in [1.165, 1.54) is 6.07 Å². The molecule has 0 saturated carbocycles. The van der Waals surface area contributed by atoms with Gasteiger partial charge in [-0.25, -0.2) is 9.38 Å². The van der Waals surface area contributed by atoms with Crippen LogP contribution in [0.5, 0.6) is 5.75 Å². The van der Waals surface area contributed by atoms with Gasteiger partial charge < -0.3 is 14.5 Å². The summed E-state index contributed by atoms with van der Waals surface area (Å²) in [4.78, 5) is 24.3. The first kappa shape index (κ1) is 22.6. The average Bonchev–Trinajstić information content (AvgIpc) is 2.77. The molecular weight excluding hydrogens is 395 g/mol. The highest BCUT2D eigenvalue weighted by atomic mass is 19.1. The van der Waals surface area contributed by atoms with Gasteiger partial charge in [0, 0.05) is 18.7 Å². The van der Waals surface area contributed by atoms with Crippen LogP contribution in [0.3, 0.4) is 0 Å². The van der Waals surface area contributed by atoms with Crippen LogP contribution in [0.15, 0.2) is 40.3 Å². The largest absolute Gasteiger partial charge is 0.491 e. The SMILES string of the molecule is C=Nc1c(F)cc(-c2ccc(C=O)c(/N=C\N(C)C3CCN(C)CC3)c2)cc1OCC. The Morgan fingerprint density at radius 3 is 2.65 bits per heavy atom. The van der Waals surface area contributed by atoms with Crippen LogP contribution in [-0.2, 0) is 0 Å². The van der Waals surface area contributed by atoms with E-state index >= 15 is 0 Å². The van der Waals surface area contributed by atoms with Gasteiger partial charge in [-0.2, -0.15) is 0 Å². The second kappa shape index (κ2) is 10.3. The third-order valence-corrected chi connectivity index (χ3v) is 5.62. The van der Waals surface area contributed by atoms with Crippen molar-refractivity contribution in [2.45, 2.75) is 25.8 Å². The maximum Gasteiger partial charge on any atom is 0.153 e. The van der Waals surface area contributed by atoms with E-state index in [1.54, 1.807) is 30.6 Å². The van der Waals surface area contributed by atoms with Gasteiger partial charge in [0.2, 0.25) is 0 Å². The molecule has 7 heteroatoms. The van der Waals surface area contributed by atoms with Crippen molar-refractivity contribution in [2.24, 2.45) is 9.98 Å². The van der Waals surface area contributed by atoms with E-state index in [0.717, 1.165) is 37.8 Å². The summed E-state index contributed by atoms with van der Waals surface area (Å²) < 4.78 is 20.1. The zero-order valence-corrected chi connectivity index (χ0v) is 18.3. The van der Waals surface area contributed by atoms with Crippen molar-refractivity contribution >= 4 is 30.7 Å². The van der Waals surface area contributed by atoms with Crippen molar-refractivity contribution in [3.05, 3.63) is 41.7 Å². The molecule has 164 valence electrons. The van der Waals surface area contributed by atoms with Gasteiger partial charge in [-0.3, -0.25) is 9.79 Å². The number of hydrogen-bond donors (Lipinski definition) is 0. The fourth-order valence-corrected chi connectivity index (χ4v) is 3.74. The van der Waals surface area contributed by atoms with E-state index in [-0.39, 0.29) is 5.69 Å². The monoisotopic (exact) mass is 424 g/mol. The number of halogens is 1. The molecule has 1 aliphatic rings. The molecule has 0 radical (unpaired) electrons. The average molecular weight is 425 g/mol. The van der Waals surface area contributed by atoms with Gasteiger partial charge >= 0.3 is 0 Å². The highest BCUT2D eigenvalue weighted by molar-refractivity contribution is 5.87. The number of carbonyl (C=O) groups is 1. The summed E-state index contributed by atoms with van der Waals surface area (Å²) in [5.41, 5.74) is 2.46. The van der Waals surface area contributed by atoms with Crippen LogP contribution in [0.1, 0.15) is 30.1 Å². The van der Waals surface area contributed by atoms with Crippen molar-refractivity contribution in [2.75, 3.05) is 33.8 Å². The lowest BCUT2D eigenvalue weighted by atomic mass is 10.0. The fraction of sp³-hybridized carbons (Fsp3) is 0.375. The first-order valence-electron chi connectivity index (χ1n) is 10.4. The molecule has 2 aromatic rings. The van der Waals surface area contributed by atoms with E-state index in [2.05, 4.69) is 33.5 Å². The molecule has 0 spiro atoms. The number of likely N-dealkylation sites (tertiary alicyclic amines) is 1. The van der Waals surface area contributed by atoms with Gasteiger partial charge in [0.25, 0.3) is 0 Å². The Bertz CT molecular complexity index is 968. The molecular formula is C24H29FN4O2. The van der Waals surface area contributed by atoms with E-state index in [0.29, 0.717) is 35.2 Å². The summed E-state index contributed by atoms with van der Waals surface area (Å²) in [5.74, 6) is -0.179. The molecule has 2 aromatic carbocycles. The van der Waals surface area contributed by atoms with E-state index < -0.39 is 5.82 Å². The van der Waals surface area contributed by atoms with Crippen LogP contribution < -0.4 is 4.74 Å². The van der Waals surface area contributed by atoms with E-state index in [4.69, 9.17) is 4.74 Å². The van der Waals surface area contributed by atoms with Gasteiger partial charge in [-0.1, -0.05) is 6.07 Å². The Morgan fingerprint density at radius 2 is 2.00 bits per heavy atom. The summed E-state index contributed by atoms with van der Waals surface area (Å²) in [6.07, 6.45) is 4.70. The van der Waals surface area contributed by atoms with Crippen LogP contribution in [-0.4, -0.2) is 69.0 Å². The van der Waals surface area contributed by atoms with Crippen molar-refractivity contribution in [1.82, 2.24) is 9.80 Å². The molecule has 1 heterocycles. The molecule has 6 nitrogen and oxygen atoms in total. The van der Waals surface area contributed by atoms with Crippen molar-refractivity contribution in [1.29, 1.82) is 0 Å². The summed E-state index contributed by atoms with van der Waals surface area (Å²) in [5, 5.41) is 0. The summed E-state index contributed by atoms with van der Waals surface area (Å²) >= 11 is 0. The normalized spacial score (nSPS) is 15.2. The van der Waals surface area contributed by atoms with E-state index in [1.807, 2.05) is 14.0 Å². The second-order valence-electron chi connectivity index (χ2n) is 7.73. The molecule has 31 heavy (non-hydrogen) atoms. The fourth-order valence-electron chi connectivity index (χ4n) is 3.74. The smallest absolute Gasteiger partial charge is 0.153 e. The first-order chi connectivity index (χ1) is 15.0. The Kier molecular flexibility index (Phi) is 7.52. The second-order valence-corrected chi connectivity index (χ2v) is 7.73. The number of aliphatic imine (C=N–C) groups is 2. The third kappa shape index (κ3) is 5.35.